The number of aliphatic hydroxyl groups excluding tert-OH is 1. The van der Waals surface area contributed by atoms with Crippen molar-refractivity contribution in [2.75, 3.05) is 7.11 Å². The molecule has 1 aromatic heterocycles. The summed E-state index contributed by atoms with van der Waals surface area (Å²) in [6.45, 7) is 4.05. The second-order valence-corrected chi connectivity index (χ2v) is 8.24. The summed E-state index contributed by atoms with van der Waals surface area (Å²) in [5.41, 5.74) is 5.85. The Morgan fingerprint density at radius 3 is 2.61 bits per heavy atom. The number of rotatable bonds is 6. The Labute approximate surface area is 182 Å². The summed E-state index contributed by atoms with van der Waals surface area (Å²) in [7, 11) is 1.59. The van der Waals surface area contributed by atoms with Gasteiger partial charge in [0, 0.05) is 12.4 Å². The van der Waals surface area contributed by atoms with Gasteiger partial charge in [0.1, 0.15) is 5.75 Å². The van der Waals surface area contributed by atoms with Crippen LogP contribution in [0, 0.1) is 13.8 Å². The van der Waals surface area contributed by atoms with Gasteiger partial charge in [0.15, 0.2) is 0 Å². The predicted octanol–water partition coefficient (Wildman–Crippen LogP) is 3.73. The molecule has 0 saturated heterocycles. The fraction of sp³-hybridized carbons (Fsp3) is 0.360. The van der Waals surface area contributed by atoms with Crippen LogP contribution >= 0.6 is 0 Å². The molecule has 1 aliphatic carbocycles. The number of benzene rings is 2. The molecule has 1 saturated carbocycles. The van der Waals surface area contributed by atoms with Gasteiger partial charge in [0.05, 0.1) is 30.5 Å². The standard InChI is InChI=1S/C25H29N3O3/c1-16-17(2)24(31-3)21(25(30)27-22-6-4-7-23(22)29)15-19(16)14-18-8-10-20(11-9-18)28-13-5-12-26-28/h5,8-13,15,22-23,29H,4,6-7,14H2,1-3H3,(H,27,30)/t22-,23-/m0/s1. The van der Waals surface area contributed by atoms with E-state index in [-0.39, 0.29) is 11.9 Å². The zero-order valence-electron chi connectivity index (χ0n) is 18.3. The minimum atomic E-state index is -0.478. The number of hydrogen-bond donors (Lipinski definition) is 2. The zero-order valence-corrected chi connectivity index (χ0v) is 18.3. The van der Waals surface area contributed by atoms with E-state index in [0.717, 1.165) is 47.2 Å². The third-order valence-electron chi connectivity index (χ3n) is 6.29. The Hall–Kier alpha value is -3.12. The molecule has 2 N–H and O–H groups in total. The third kappa shape index (κ3) is 4.35. The quantitative estimate of drug-likeness (QED) is 0.638. The van der Waals surface area contributed by atoms with Gasteiger partial charge in [0.25, 0.3) is 5.91 Å². The highest BCUT2D eigenvalue weighted by Gasteiger charge is 2.28. The van der Waals surface area contributed by atoms with Crippen LogP contribution in [0.4, 0.5) is 0 Å². The van der Waals surface area contributed by atoms with Crippen LogP contribution in [0.1, 0.15) is 51.9 Å². The van der Waals surface area contributed by atoms with Crippen molar-refractivity contribution in [1.82, 2.24) is 15.1 Å². The van der Waals surface area contributed by atoms with E-state index in [4.69, 9.17) is 4.74 Å². The van der Waals surface area contributed by atoms with Gasteiger partial charge >= 0.3 is 0 Å². The Morgan fingerprint density at radius 1 is 1.23 bits per heavy atom. The van der Waals surface area contributed by atoms with Crippen molar-refractivity contribution in [3.63, 3.8) is 0 Å². The molecular weight excluding hydrogens is 390 g/mol. The third-order valence-corrected chi connectivity index (χ3v) is 6.29. The van der Waals surface area contributed by atoms with Gasteiger partial charge in [-0.3, -0.25) is 4.79 Å². The van der Waals surface area contributed by atoms with Crippen molar-refractivity contribution < 1.29 is 14.6 Å². The van der Waals surface area contributed by atoms with Crippen LogP contribution < -0.4 is 10.1 Å². The molecule has 2 atom stereocenters. The lowest BCUT2D eigenvalue weighted by Crippen LogP contribution is -2.40. The average molecular weight is 420 g/mol. The van der Waals surface area contributed by atoms with Gasteiger partial charge in [-0.25, -0.2) is 4.68 Å². The highest BCUT2D eigenvalue weighted by atomic mass is 16.5. The van der Waals surface area contributed by atoms with E-state index in [1.165, 1.54) is 0 Å². The van der Waals surface area contributed by atoms with Crippen LogP contribution in [0.3, 0.4) is 0 Å². The molecule has 1 amide bonds. The highest BCUT2D eigenvalue weighted by Crippen LogP contribution is 2.31. The van der Waals surface area contributed by atoms with Crippen molar-refractivity contribution in [3.8, 4) is 11.4 Å². The number of nitrogens with one attached hydrogen (secondary N) is 1. The first-order valence-corrected chi connectivity index (χ1v) is 10.7. The number of hydrogen-bond acceptors (Lipinski definition) is 4. The topological polar surface area (TPSA) is 76.4 Å². The van der Waals surface area contributed by atoms with E-state index in [1.54, 1.807) is 13.3 Å². The predicted molar refractivity (Wildman–Crippen MR) is 120 cm³/mol. The van der Waals surface area contributed by atoms with E-state index >= 15 is 0 Å². The van der Waals surface area contributed by atoms with E-state index < -0.39 is 6.10 Å². The number of ether oxygens (including phenoxy) is 1. The van der Waals surface area contributed by atoms with Gasteiger partial charge < -0.3 is 15.2 Å². The number of aromatic nitrogens is 2. The molecule has 3 aromatic rings. The molecule has 6 nitrogen and oxygen atoms in total. The molecular formula is C25H29N3O3. The number of carbonyl (C=O) groups excluding carboxylic acids is 1. The summed E-state index contributed by atoms with van der Waals surface area (Å²) in [5, 5.41) is 17.4. The molecule has 0 radical (unpaired) electrons. The maximum absolute atomic E-state index is 13.1. The lowest BCUT2D eigenvalue weighted by molar-refractivity contribution is 0.0870. The van der Waals surface area contributed by atoms with Gasteiger partial charge in [-0.05, 0) is 86.1 Å². The van der Waals surface area contributed by atoms with Gasteiger partial charge in [-0.1, -0.05) is 12.1 Å². The molecule has 1 aliphatic rings. The van der Waals surface area contributed by atoms with Crippen molar-refractivity contribution in [3.05, 3.63) is 76.6 Å². The van der Waals surface area contributed by atoms with Gasteiger partial charge in [-0.15, -0.1) is 0 Å². The SMILES string of the molecule is COc1c(C(=O)N[C@H]2CCC[C@@H]2O)cc(Cc2ccc(-n3cccn3)cc2)c(C)c1C. The van der Waals surface area contributed by atoms with E-state index in [9.17, 15) is 9.90 Å². The summed E-state index contributed by atoms with van der Waals surface area (Å²) in [6.07, 6.45) is 6.37. The molecule has 1 fully saturated rings. The molecule has 162 valence electrons. The van der Waals surface area contributed by atoms with Crippen LogP contribution in [-0.2, 0) is 6.42 Å². The number of nitrogens with zero attached hydrogens (tertiary/aromatic N) is 2. The van der Waals surface area contributed by atoms with Gasteiger partial charge in [-0.2, -0.15) is 5.10 Å². The van der Waals surface area contributed by atoms with Crippen molar-refractivity contribution in [1.29, 1.82) is 0 Å². The first kappa shape index (κ1) is 21.1. The summed E-state index contributed by atoms with van der Waals surface area (Å²) in [6, 6.07) is 11.9. The van der Waals surface area contributed by atoms with E-state index in [0.29, 0.717) is 17.7 Å². The molecule has 1 heterocycles. The molecule has 0 bridgehead atoms. The largest absolute Gasteiger partial charge is 0.496 e. The average Bonchev–Trinajstić information content (AvgIpc) is 3.44. The summed E-state index contributed by atoms with van der Waals surface area (Å²) in [4.78, 5) is 13.1. The maximum atomic E-state index is 13.1. The smallest absolute Gasteiger partial charge is 0.255 e. The summed E-state index contributed by atoms with van der Waals surface area (Å²) in [5.74, 6) is 0.404. The maximum Gasteiger partial charge on any atom is 0.255 e. The monoisotopic (exact) mass is 419 g/mol. The number of amides is 1. The molecule has 6 heteroatoms. The fourth-order valence-electron chi connectivity index (χ4n) is 4.34. The Bertz CT molecular complexity index is 1060. The number of carbonyl (C=O) groups is 1. The van der Waals surface area contributed by atoms with Crippen molar-refractivity contribution in [2.45, 2.75) is 51.7 Å². The van der Waals surface area contributed by atoms with Crippen LogP contribution in [0.15, 0.2) is 48.8 Å². The molecule has 0 spiro atoms. The molecule has 2 aromatic carbocycles. The Kier molecular flexibility index (Phi) is 6.09. The number of methoxy groups -OCH3 is 1. The van der Waals surface area contributed by atoms with Crippen LogP contribution in [-0.4, -0.2) is 40.0 Å². The minimum absolute atomic E-state index is 0.193. The molecule has 31 heavy (non-hydrogen) atoms. The first-order valence-electron chi connectivity index (χ1n) is 10.7. The molecule has 4 rings (SSSR count). The summed E-state index contributed by atoms with van der Waals surface area (Å²) >= 11 is 0. The molecule has 0 aliphatic heterocycles. The summed E-state index contributed by atoms with van der Waals surface area (Å²) < 4.78 is 7.42. The van der Waals surface area contributed by atoms with Crippen LogP contribution in [0.5, 0.6) is 5.75 Å². The Morgan fingerprint density at radius 2 is 2.00 bits per heavy atom. The zero-order chi connectivity index (χ0) is 22.0. The Balaban J connectivity index is 1.61. The normalized spacial score (nSPS) is 18.2. The second kappa shape index (κ2) is 8.94. The highest BCUT2D eigenvalue weighted by molar-refractivity contribution is 5.98. The first-order chi connectivity index (χ1) is 15.0. The minimum Gasteiger partial charge on any atom is -0.496 e. The van der Waals surface area contributed by atoms with Gasteiger partial charge in [0.2, 0.25) is 0 Å². The van der Waals surface area contributed by atoms with E-state index in [2.05, 4.69) is 29.5 Å². The number of aliphatic hydroxyl groups is 1. The molecule has 0 unspecified atom stereocenters. The van der Waals surface area contributed by atoms with E-state index in [1.807, 2.05) is 42.1 Å². The fourth-order valence-corrected chi connectivity index (χ4v) is 4.34. The lowest BCUT2D eigenvalue weighted by Gasteiger charge is -2.20. The van der Waals surface area contributed by atoms with Crippen LogP contribution in [0.2, 0.25) is 0 Å². The van der Waals surface area contributed by atoms with Crippen molar-refractivity contribution in [2.24, 2.45) is 0 Å². The lowest BCUT2D eigenvalue weighted by atomic mass is 9.93. The van der Waals surface area contributed by atoms with Crippen LogP contribution in [0.25, 0.3) is 5.69 Å². The van der Waals surface area contributed by atoms with Crippen molar-refractivity contribution >= 4 is 5.91 Å². The second-order valence-electron chi connectivity index (χ2n) is 8.24.